The molecule has 3 nitrogen and oxygen atoms in total. The Kier molecular flexibility index (Phi) is 3.13. The van der Waals surface area contributed by atoms with Crippen LogP contribution in [-0.2, 0) is 0 Å². The Morgan fingerprint density at radius 2 is 1.90 bits per heavy atom. The Bertz CT molecular complexity index is 853. The Morgan fingerprint density at radius 3 is 2.60 bits per heavy atom. The Hall–Kier alpha value is -2.38. The molecule has 1 heterocycles. The molecule has 0 radical (unpaired) electrons. The van der Waals surface area contributed by atoms with Crippen LogP contribution in [-0.4, -0.2) is 9.55 Å². The maximum absolute atomic E-state index is 9.18. The van der Waals surface area contributed by atoms with Gasteiger partial charge >= 0.3 is 0 Å². The molecule has 0 amide bonds. The second-order valence-electron chi connectivity index (χ2n) is 4.70. The highest BCUT2D eigenvalue weighted by Gasteiger charge is 2.14. The maximum Gasteiger partial charge on any atom is 0.178 e. The zero-order chi connectivity index (χ0) is 14.1. The third-order valence-corrected chi connectivity index (χ3v) is 3.84. The van der Waals surface area contributed by atoms with Gasteiger partial charge in [0.25, 0.3) is 0 Å². The fourth-order valence-corrected chi connectivity index (χ4v) is 2.87. The number of aromatic amines is 1. The predicted molar refractivity (Wildman–Crippen MR) is 82.1 cm³/mol. The average molecular weight is 279 g/mol. The second-order valence-corrected chi connectivity index (χ2v) is 5.09. The normalized spacial score (nSPS) is 12.2. The molecule has 0 fully saturated rings. The summed E-state index contributed by atoms with van der Waals surface area (Å²) in [5.74, 6) is 0. The van der Waals surface area contributed by atoms with Crippen molar-refractivity contribution in [1.29, 1.82) is 5.26 Å². The minimum Gasteiger partial charge on any atom is -0.329 e. The van der Waals surface area contributed by atoms with Crippen LogP contribution in [0.25, 0.3) is 11.0 Å². The van der Waals surface area contributed by atoms with Crippen molar-refractivity contribution in [2.45, 2.75) is 13.0 Å². The van der Waals surface area contributed by atoms with Crippen LogP contribution in [0.2, 0.25) is 0 Å². The summed E-state index contributed by atoms with van der Waals surface area (Å²) < 4.78 is 2.69. The summed E-state index contributed by atoms with van der Waals surface area (Å²) in [6.45, 7) is 2.11. The third kappa shape index (κ3) is 1.93. The summed E-state index contributed by atoms with van der Waals surface area (Å²) in [4.78, 5) is 3.15. The van der Waals surface area contributed by atoms with E-state index in [1.807, 2.05) is 30.3 Å². The molecule has 1 atom stereocenters. The van der Waals surface area contributed by atoms with E-state index < -0.39 is 0 Å². The maximum atomic E-state index is 9.18. The number of H-pyrrole nitrogens is 1. The monoisotopic (exact) mass is 279 g/mol. The summed E-state index contributed by atoms with van der Waals surface area (Å²) in [5.41, 5.74) is 3.58. The van der Waals surface area contributed by atoms with Crippen LogP contribution in [0.3, 0.4) is 0 Å². The zero-order valence-electron chi connectivity index (χ0n) is 11.0. The van der Waals surface area contributed by atoms with Crippen molar-refractivity contribution >= 4 is 23.3 Å². The van der Waals surface area contributed by atoms with Crippen molar-refractivity contribution < 1.29 is 0 Å². The lowest BCUT2D eigenvalue weighted by molar-refractivity contribution is 0.649. The average Bonchev–Trinajstić information content (AvgIpc) is 2.83. The lowest BCUT2D eigenvalue weighted by Crippen LogP contribution is -2.06. The highest BCUT2D eigenvalue weighted by Crippen LogP contribution is 2.25. The SMILES string of the molecule is CC(c1ccccc1)n1c(=S)[nH]c2c(C#N)cccc21. The number of nitrogens with one attached hydrogen (secondary N) is 1. The van der Waals surface area contributed by atoms with Gasteiger partial charge in [0.2, 0.25) is 0 Å². The number of hydrogen-bond donors (Lipinski definition) is 1. The summed E-state index contributed by atoms with van der Waals surface area (Å²) in [5, 5.41) is 9.18. The number of fused-ring (bicyclic) bond motifs is 1. The topological polar surface area (TPSA) is 44.5 Å². The van der Waals surface area contributed by atoms with Crippen LogP contribution < -0.4 is 0 Å². The molecule has 0 spiro atoms. The molecule has 0 saturated carbocycles. The summed E-state index contributed by atoms with van der Waals surface area (Å²) in [6.07, 6.45) is 0. The van der Waals surface area contributed by atoms with E-state index in [2.05, 4.69) is 34.7 Å². The van der Waals surface area contributed by atoms with E-state index >= 15 is 0 Å². The van der Waals surface area contributed by atoms with Gasteiger partial charge in [0.1, 0.15) is 6.07 Å². The molecule has 1 unspecified atom stereocenters. The molecule has 98 valence electrons. The van der Waals surface area contributed by atoms with E-state index in [4.69, 9.17) is 12.2 Å². The van der Waals surface area contributed by atoms with Crippen molar-refractivity contribution in [2.24, 2.45) is 0 Å². The fraction of sp³-hybridized carbons (Fsp3) is 0.125. The molecule has 20 heavy (non-hydrogen) atoms. The first-order valence-electron chi connectivity index (χ1n) is 6.40. The van der Waals surface area contributed by atoms with Gasteiger partial charge in [-0.1, -0.05) is 36.4 Å². The van der Waals surface area contributed by atoms with Gasteiger partial charge < -0.3 is 9.55 Å². The number of nitrogens with zero attached hydrogens (tertiary/aromatic N) is 2. The van der Waals surface area contributed by atoms with E-state index in [1.54, 1.807) is 6.07 Å². The second kappa shape index (κ2) is 4.95. The third-order valence-electron chi connectivity index (χ3n) is 3.54. The quantitative estimate of drug-likeness (QED) is 0.715. The Balaban J connectivity index is 2.25. The first kappa shape index (κ1) is 12.6. The molecule has 0 aliphatic rings. The van der Waals surface area contributed by atoms with Gasteiger partial charge in [-0.05, 0) is 36.8 Å². The standard InChI is InChI=1S/C16H13N3S/c1-11(12-6-3-2-4-7-12)19-14-9-5-8-13(10-17)15(14)18-16(19)20/h2-9,11H,1H3,(H,18,20). The number of benzene rings is 2. The van der Waals surface area contributed by atoms with Gasteiger partial charge in [-0.15, -0.1) is 0 Å². The number of aromatic nitrogens is 2. The minimum atomic E-state index is 0.117. The van der Waals surface area contributed by atoms with E-state index in [-0.39, 0.29) is 6.04 Å². The minimum absolute atomic E-state index is 0.117. The van der Waals surface area contributed by atoms with Crippen molar-refractivity contribution in [3.05, 3.63) is 64.4 Å². The van der Waals surface area contributed by atoms with Gasteiger partial charge in [-0.2, -0.15) is 5.26 Å². The molecule has 0 saturated heterocycles. The van der Waals surface area contributed by atoms with Crippen LogP contribution in [0.4, 0.5) is 0 Å². The van der Waals surface area contributed by atoms with Gasteiger partial charge in [0.05, 0.1) is 22.6 Å². The van der Waals surface area contributed by atoms with Crippen LogP contribution >= 0.6 is 12.2 Å². The summed E-state index contributed by atoms with van der Waals surface area (Å²) >= 11 is 5.43. The number of rotatable bonds is 2. The molecular formula is C16H13N3S. The number of imidazole rings is 1. The number of nitriles is 1. The summed E-state index contributed by atoms with van der Waals surface area (Å²) in [6, 6.07) is 18.2. The van der Waals surface area contributed by atoms with Crippen molar-refractivity contribution in [3.63, 3.8) is 0 Å². The first-order chi connectivity index (χ1) is 9.72. The molecule has 4 heteroatoms. The van der Waals surface area contributed by atoms with Gasteiger partial charge in [0, 0.05) is 0 Å². The van der Waals surface area contributed by atoms with E-state index in [9.17, 15) is 5.26 Å². The van der Waals surface area contributed by atoms with Crippen molar-refractivity contribution in [1.82, 2.24) is 9.55 Å². The number of hydrogen-bond acceptors (Lipinski definition) is 2. The Morgan fingerprint density at radius 1 is 1.15 bits per heavy atom. The summed E-state index contributed by atoms with van der Waals surface area (Å²) in [7, 11) is 0. The van der Waals surface area contributed by atoms with Crippen molar-refractivity contribution in [2.75, 3.05) is 0 Å². The highest BCUT2D eigenvalue weighted by molar-refractivity contribution is 7.71. The van der Waals surface area contributed by atoms with Gasteiger partial charge in [-0.3, -0.25) is 0 Å². The Labute approximate surface area is 122 Å². The largest absolute Gasteiger partial charge is 0.329 e. The smallest absolute Gasteiger partial charge is 0.178 e. The highest BCUT2D eigenvalue weighted by atomic mass is 32.1. The van der Waals surface area contributed by atoms with E-state index in [0.29, 0.717) is 10.3 Å². The molecule has 3 aromatic rings. The fourth-order valence-electron chi connectivity index (χ4n) is 2.51. The lowest BCUT2D eigenvalue weighted by Gasteiger charge is -2.15. The van der Waals surface area contributed by atoms with E-state index in [1.165, 1.54) is 5.56 Å². The molecule has 1 N–H and O–H groups in total. The molecule has 2 aromatic carbocycles. The lowest BCUT2D eigenvalue weighted by atomic mass is 10.1. The molecule has 0 bridgehead atoms. The number of para-hydroxylation sites is 1. The first-order valence-corrected chi connectivity index (χ1v) is 6.81. The molecule has 3 rings (SSSR count). The molecule has 1 aromatic heterocycles. The van der Waals surface area contributed by atoms with Crippen LogP contribution in [0.15, 0.2) is 48.5 Å². The van der Waals surface area contributed by atoms with Gasteiger partial charge in [-0.25, -0.2) is 0 Å². The molecule has 0 aliphatic carbocycles. The predicted octanol–water partition coefficient (Wildman–Crippen LogP) is 4.18. The van der Waals surface area contributed by atoms with Crippen LogP contribution in [0, 0.1) is 16.1 Å². The molecule has 0 aliphatic heterocycles. The van der Waals surface area contributed by atoms with E-state index in [0.717, 1.165) is 11.0 Å². The van der Waals surface area contributed by atoms with Crippen LogP contribution in [0.1, 0.15) is 24.1 Å². The van der Waals surface area contributed by atoms with Crippen LogP contribution in [0.5, 0.6) is 0 Å². The van der Waals surface area contributed by atoms with Gasteiger partial charge in [0.15, 0.2) is 4.77 Å². The van der Waals surface area contributed by atoms with Crippen molar-refractivity contribution in [3.8, 4) is 6.07 Å². The molecular weight excluding hydrogens is 266 g/mol. The zero-order valence-corrected chi connectivity index (χ0v) is 11.8.